The Kier molecular flexibility index (Phi) is 3.43. The fourth-order valence-electron chi connectivity index (χ4n) is 2.12. The van der Waals surface area contributed by atoms with Gasteiger partial charge in [-0.2, -0.15) is 0 Å². The maximum absolute atomic E-state index is 10.1. The van der Waals surface area contributed by atoms with Gasteiger partial charge in [-0.1, -0.05) is 36.4 Å². The number of aryl methyl sites for hydroxylation is 1. The number of aliphatic hydroxyl groups is 2. The Labute approximate surface area is 101 Å². The average molecular weight is 231 g/mol. The van der Waals surface area contributed by atoms with Gasteiger partial charge in [0.05, 0.1) is 6.10 Å². The van der Waals surface area contributed by atoms with E-state index in [1.807, 2.05) is 43.3 Å². The molecule has 2 atom stereocenters. The number of fused-ring (bicyclic) bond motifs is 1. The van der Waals surface area contributed by atoms with Crippen LogP contribution in [0.3, 0.4) is 0 Å². The summed E-state index contributed by atoms with van der Waals surface area (Å²) in [5, 5.41) is 21.8. The van der Waals surface area contributed by atoms with E-state index in [0.29, 0.717) is 0 Å². The molecule has 0 saturated heterocycles. The normalized spacial score (nSPS) is 14.8. The van der Waals surface area contributed by atoms with Gasteiger partial charge in [0.2, 0.25) is 0 Å². The van der Waals surface area contributed by atoms with Crippen LogP contribution in [0.25, 0.3) is 10.8 Å². The first-order valence-electron chi connectivity index (χ1n) is 5.69. The maximum Gasteiger partial charge on any atom is 0.107 e. The van der Waals surface area contributed by atoms with E-state index in [9.17, 15) is 10.2 Å². The summed E-state index contributed by atoms with van der Waals surface area (Å²) in [6.45, 7) is 1.97. The second kappa shape index (κ2) is 4.84. The highest BCUT2D eigenvalue weighted by atomic mass is 16.3. The lowest BCUT2D eigenvalue weighted by atomic mass is 9.93. The molecule has 0 aromatic heterocycles. The van der Waals surface area contributed by atoms with Gasteiger partial charge in [-0.15, -0.1) is 0 Å². The summed E-state index contributed by atoms with van der Waals surface area (Å²) >= 11 is 0. The largest absolute Gasteiger partial charge is 0.389 e. The summed E-state index contributed by atoms with van der Waals surface area (Å²) in [6, 6.07) is 11.8. The quantitative estimate of drug-likeness (QED) is 0.750. The molecule has 3 heteroatoms. The van der Waals surface area contributed by atoms with Gasteiger partial charge in [-0.25, -0.2) is 0 Å². The fraction of sp³-hybridized carbons (Fsp3) is 0.286. The van der Waals surface area contributed by atoms with Gasteiger partial charge in [-0.3, -0.25) is 0 Å². The van der Waals surface area contributed by atoms with Crippen LogP contribution >= 0.6 is 0 Å². The van der Waals surface area contributed by atoms with E-state index in [0.717, 1.165) is 21.9 Å². The Morgan fingerprint density at radius 2 is 1.82 bits per heavy atom. The SMILES string of the molecule is Cc1ccc2ccccc2c1C(O)C(O)CN. The van der Waals surface area contributed by atoms with Crippen LogP contribution in [0.15, 0.2) is 36.4 Å². The predicted molar refractivity (Wildman–Crippen MR) is 68.7 cm³/mol. The zero-order valence-electron chi connectivity index (χ0n) is 9.80. The van der Waals surface area contributed by atoms with Crippen molar-refractivity contribution >= 4 is 10.8 Å². The van der Waals surface area contributed by atoms with Crippen LogP contribution in [0.4, 0.5) is 0 Å². The Bertz CT molecular complexity index is 525. The molecule has 4 N–H and O–H groups in total. The Hall–Kier alpha value is -1.42. The van der Waals surface area contributed by atoms with E-state index >= 15 is 0 Å². The molecule has 2 aromatic carbocycles. The highest BCUT2D eigenvalue weighted by Gasteiger charge is 2.20. The number of rotatable bonds is 3. The van der Waals surface area contributed by atoms with Gasteiger partial charge in [-0.05, 0) is 28.8 Å². The first-order chi connectivity index (χ1) is 8.15. The second-order valence-electron chi connectivity index (χ2n) is 4.27. The van der Waals surface area contributed by atoms with Gasteiger partial charge in [0, 0.05) is 6.54 Å². The van der Waals surface area contributed by atoms with Gasteiger partial charge in [0.25, 0.3) is 0 Å². The van der Waals surface area contributed by atoms with Gasteiger partial charge >= 0.3 is 0 Å². The monoisotopic (exact) mass is 231 g/mol. The molecule has 2 aromatic rings. The zero-order valence-corrected chi connectivity index (χ0v) is 9.80. The summed E-state index contributed by atoms with van der Waals surface area (Å²) in [6.07, 6.45) is -1.87. The summed E-state index contributed by atoms with van der Waals surface area (Å²) in [5.74, 6) is 0. The van der Waals surface area contributed by atoms with Crippen molar-refractivity contribution < 1.29 is 10.2 Å². The molecule has 0 fully saturated rings. The molecule has 0 saturated carbocycles. The standard InChI is InChI=1S/C14H17NO2/c1-9-6-7-10-4-2-3-5-11(10)13(9)14(17)12(16)8-15/h2-7,12,14,16-17H,8,15H2,1H3. The summed E-state index contributed by atoms with van der Waals surface area (Å²) in [7, 11) is 0. The Balaban J connectivity index is 2.62. The summed E-state index contributed by atoms with van der Waals surface area (Å²) < 4.78 is 0. The molecule has 0 spiro atoms. The molecule has 0 bridgehead atoms. The van der Waals surface area contributed by atoms with Crippen molar-refractivity contribution in [2.75, 3.05) is 6.54 Å². The molecule has 0 heterocycles. The topological polar surface area (TPSA) is 66.5 Å². The van der Waals surface area contributed by atoms with Crippen LogP contribution in [0.2, 0.25) is 0 Å². The molecule has 3 nitrogen and oxygen atoms in total. The molecule has 0 amide bonds. The number of nitrogens with two attached hydrogens (primary N) is 1. The molecule has 90 valence electrons. The van der Waals surface area contributed by atoms with E-state index in [-0.39, 0.29) is 6.54 Å². The van der Waals surface area contributed by atoms with Crippen LogP contribution in [0.5, 0.6) is 0 Å². The summed E-state index contributed by atoms with van der Waals surface area (Å²) in [5.41, 5.74) is 7.12. The van der Waals surface area contributed by atoms with Gasteiger partial charge in [0.15, 0.2) is 0 Å². The zero-order chi connectivity index (χ0) is 12.4. The van der Waals surface area contributed by atoms with Crippen LogP contribution in [0, 0.1) is 6.92 Å². The molecule has 0 aliphatic carbocycles. The highest BCUT2D eigenvalue weighted by molar-refractivity contribution is 5.87. The number of aliphatic hydroxyl groups excluding tert-OH is 2. The average Bonchev–Trinajstić information content (AvgIpc) is 2.37. The van der Waals surface area contributed by atoms with Crippen molar-refractivity contribution in [2.24, 2.45) is 5.73 Å². The highest BCUT2D eigenvalue weighted by Crippen LogP contribution is 2.29. The molecule has 17 heavy (non-hydrogen) atoms. The van der Waals surface area contributed by atoms with E-state index in [1.54, 1.807) is 0 Å². The smallest absolute Gasteiger partial charge is 0.107 e. The molecule has 2 unspecified atom stereocenters. The van der Waals surface area contributed by atoms with Crippen LogP contribution in [-0.2, 0) is 0 Å². The van der Waals surface area contributed by atoms with Gasteiger partial charge < -0.3 is 15.9 Å². The van der Waals surface area contributed by atoms with Crippen LogP contribution in [-0.4, -0.2) is 22.9 Å². The second-order valence-corrected chi connectivity index (χ2v) is 4.27. The summed E-state index contributed by atoms with van der Waals surface area (Å²) in [4.78, 5) is 0. The lowest BCUT2D eigenvalue weighted by Gasteiger charge is -2.20. The lowest BCUT2D eigenvalue weighted by molar-refractivity contribution is 0.0249. The van der Waals surface area contributed by atoms with Gasteiger partial charge in [0.1, 0.15) is 6.10 Å². The molecular weight excluding hydrogens is 214 g/mol. The third kappa shape index (κ3) is 2.17. The molecule has 0 aliphatic rings. The van der Waals surface area contributed by atoms with E-state index in [2.05, 4.69) is 0 Å². The third-order valence-corrected chi connectivity index (χ3v) is 3.09. The number of benzene rings is 2. The molecular formula is C14H17NO2. The van der Waals surface area contributed by atoms with Crippen LogP contribution < -0.4 is 5.73 Å². The van der Waals surface area contributed by atoms with Crippen molar-refractivity contribution in [3.8, 4) is 0 Å². The lowest BCUT2D eigenvalue weighted by Crippen LogP contribution is -2.27. The molecule has 0 radical (unpaired) electrons. The van der Waals surface area contributed by atoms with Crippen molar-refractivity contribution in [2.45, 2.75) is 19.1 Å². The Morgan fingerprint density at radius 1 is 1.12 bits per heavy atom. The van der Waals surface area contributed by atoms with Crippen molar-refractivity contribution in [3.63, 3.8) is 0 Å². The van der Waals surface area contributed by atoms with Crippen LogP contribution in [0.1, 0.15) is 17.2 Å². The fourth-order valence-corrected chi connectivity index (χ4v) is 2.12. The molecule has 2 rings (SSSR count). The van der Waals surface area contributed by atoms with E-state index in [1.165, 1.54) is 0 Å². The minimum Gasteiger partial charge on any atom is -0.389 e. The first-order valence-corrected chi connectivity index (χ1v) is 5.69. The first kappa shape index (κ1) is 12.0. The minimum absolute atomic E-state index is 0.0455. The molecule has 0 aliphatic heterocycles. The maximum atomic E-state index is 10.1. The third-order valence-electron chi connectivity index (χ3n) is 3.09. The Morgan fingerprint density at radius 3 is 2.53 bits per heavy atom. The van der Waals surface area contributed by atoms with Crippen molar-refractivity contribution in [3.05, 3.63) is 47.5 Å². The number of hydrogen-bond donors (Lipinski definition) is 3. The van der Waals surface area contributed by atoms with Crippen molar-refractivity contribution in [1.29, 1.82) is 0 Å². The minimum atomic E-state index is -0.939. The van der Waals surface area contributed by atoms with E-state index < -0.39 is 12.2 Å². The van der Waals surface area contributed by atoms with E-state index in [4.69, 9.17) is 5.73 Å². The predicted octanol–water partition coefficient (Wildman–Crippen LogP) is 1.50. The van der Waals surface area contributed by atoms with Crippen molar-refractivity contribution in [1.82, 2.24) is 0 Å². The number of hydrogen-bond acceptors (Lipinski definition) is 3.